The zero-order valence-electron chi connectivity index (χ0n) is 11.3. The number of nitrogens with zero attached hydrogens (tertiary/aromatic N) is 1. The third-order valence-corrected chi connectivity index (χ3v) is 2.71. The second-order valence-electron chi connectivity index (χ2n) is 3.98. The Morgan fingerprint density at radius 3 is 2.11 bits per heavy atom. The number of carbonyl (C=O) groups excluding carboxylic acids is 3. The van der Waals surface area contributed by atoms with E-state index in [0.29, 0.717) is 11.3 Å². The molecule has 5 nitrogen and oxygen atoms in total. The van der Waals surface area contributed by atoms with Gasteiger partial charge in [0.05, 0.1) is 18.2 Å². The van der Waals surface area contributed by atoms with Crippen LogP contribution >= 0.6 is 0 Å². The predicted octanol–water partition coefficient (Wildman–Crippen LogP) is 1.51. The number of hydrogen-bond acceptors (Lipinski definition) is 4. The van der Waals surface area contributed by atoms with Crippen molar-refractivity contribution in [2.45, 2.75) is 33.2 Å². The van der Waals surface area contributed by atoms with Crippen LogP contribution < -0.4 is 10.6 Å². The number of hydrogen-bond donors (Lipinski definition) is 1. The molecule has 1 aromatic rings. The average molecular weight is 262 g/mol. The molecule has 0 radical (unpaired) electrons. The van der Waals surface area contributed by atoms with Gasteiger partial charge in [0.1, 0.15) is 0 Å². The molecule has 1 fully saturated rings. The highest BCUT2D eigenvalue weighted by molar-refractivity contribution is 6.22. The van der Waals surface area contributed by atoms with Gasteiger partial charge in [0, 0.05) is 5.56 Å². The summed E-state index contributed by atoms with van der Waals surface area (Å²) in [6.45, 7) is 5.46. The predicted molar refractivity (Wildman–Crippen MR) is 72.9 cm³/mol. The largest absolute Gasteiger partial charge is 0.319 e. The van der Waals surface area contributed by atoms with E-state index in [-0.39, 0.29) is 18.1 Å². The molecule has 2 amide bonds. The number of ketones is 1. The van der Waals surface area contributed by atoms with Crippen molar-refractivity contribution >= 4 is 23.3 Å². The van der Waals surface area contributed by atoms with E-state index in [1.165, 1.54) is 6.92 Å². The van der Waals surface area contributed by atoms with Gasteiger partial charge < -0.3 is 5.73 Å². The van der Waals surface area contributed by atoms with Crippen LogP contribution in [0.25, 0.3) is 0 Å². The Hall–Kier alpha value is -2.01. The first kappa shape index (κ1) is 15.0. The molecule has 0 spiro atoms. The first-order chi connectivity index (χ1) is 9.00. The van der Waals surface area contributed by atoms with Gasteiger partial charge in [0.25, 0.3) is 5.91 Å². The topological polar surface area (TPSA) is 80.5 Å². The smallest absolute Gasteiger partial charge is 0.251 e. The van der Waals surface area contributed by atoms with Crippen molar-refractivity contribution in [2.24, 2.45) is 5.73 Å². The molecule has 1 atom stereocenters. The highest BCUT2D eigenvalue weighted by atomic mass is 16.2. The molecule has 0 saturated carbocycles. The lowest BCUT2D eigenvalue weighted by atomic mass is 10.1. The minimum atomic E-state index is -0.755. The summed E-state index contributed by atoms with van der Waals surface area (Å²) in [4.78, 5) is 35.4. The van der Waals surface area contributed by atoms with Crippen molar-refractivity contribution in [1.82, 2.24) is 0 Å². The van der Waals surface area contributed by atoms with Crippen LogP contribution in [0, 0.1) is 0 Å². The number of rotatable bonds is 2. The Balaban J connectivity index is 0.000000861. The fraction of sp³-hybridized carbons (Fsp3) is 0.357. The van der Waals surface area contributed by atoms with Crippen LogP contribution in [-0.2, 0) is 9.59 Å². The van der Waals surface area contributed by atoms with E-state index in [0.717, 1.165) is 4.90 Å². The molecule has 2 rings (SSSR count). The van der Waals surface area contributed by atoms with Gasteiger partial charge in [-0.1, -0.05) is 13.8 Å². The van der Waals surface area contributed by atoms with Crippen molar-refractivity contribution < 1.29 is 14.4 Å². The number of anilines is 1. The van der Waals surface area contributed by atoms with E-state index in [4.69, 9.17) is 5.73 Å². The van der Waals surface area contributed by atoms with E-state index < -0.39 is 11.9 Å². The molecule has 0 aromatic heterocycles. The number of Topliss-reactive ketones (excluding diaryl/α,β-unsaturated/α-hetero) is 1. The second kappa shape index (κ2) is 6.24. The lowest BCUT2D eigenvalue weighted by Gasteiger charge is -2.14. The van der Waals surface area contributed by atoms with Gasteiger partial charge in [-0.15, -0.1) is 0 Å². The minimum Gasteiger partial charge on any atom is -0.319 e. The molecule has 1 unspecified atom stereocenters. The summed E-state index contributed by atoms with van der Waals surface area (Å²) in [6, 6.07) is 5.56. The summed E-state index contributed by atoms with van der Waals surface area (Å²) < 4.78 is 0. The van der Waals surface area contributed by atoms with Crippen LogP contribution in [-0.4, -0.2) is 23.6 Å². The standard InChI is InChI=1S/C12H12N2O3.C2H6/c1-7(15)8-2-4-9(5-3-8)14-11(16)6-10(13)12(14)17;1-2/h2-5,10H,6,13H2,1H3;1-2H3. The number of imide groups is 1. The van der Waals surface area contributed by atoms with E-state index in [2.05, 4.69) is 0 Å². The van der Waals surface area contributed by atoms with Gasteiger partial charge in [-0.25, -0.2) is 4.90 Å². The van der Waals surface area contributed by atoms with E-state index >= 15 is 0 Å². The van der Waals surface area contributed by atoms with Crippen molar-refractivity contribution in [2.75, 3.05) is 4.90 Å². The molecule has 102 valence electrons. The number of benzene rings is 1. The number of nitrogens with two attached hydrogens (primary N) is 1. The minimum absolute atomic E-state index is 0.0350. The van der Waals surface area contributed by atoms with Crippen LogP contribution in [0.1, 0.15) is 37.6 Å². The van der Waals surface area contributed by atoms with E-state index in [1.54, 1.807) is 24.3 Å². The molecule has 0 aliphatic carbocycles. The van der Waals surface area contributed by atoms with Crippen molar-refractivity contribution in [1.29, 1.82) is 0 Å². The lowest BCUT2D eigenvalue weighted by molar-refractivity contribution is -0.121. The van der Waals surface area contributed by atoms with Gasteiger partial charge in [-0.05, 0) is 31.2 Å². The Morgan fingerprint density at radius 2 is 1.74 bits per heavy atom. The van der Waals surface area contributed by atoms with Gasteiger partial charge in [-0.2, -0.15) is 0 Å². The Labute approximate surface area is 112 Å². The summed E-state index contributed by atoms with van der Waals surface area (Å²) in [5.74, 6) is -0.768. The first-order valence-corrected chi connectivity index (χ1v) is 6.24. The number of amides is 2. The monoisotopic (exact) mass is 262 g/mol. The summed E-state index contributed by atoms with van der Waals surface area (Å²) >= 11 is 0. The van der Waals surface area contributed by atoms with Crippen LogP contribution in [0.2, 0.25) is 0 Å². The fourth-order valence-electron chi connectivity index (χ4n) is 1.77. The zero-order valence-corrected chi connectivity index (χ0v) is 11.3. The fourth-order valence-corrected chi connectivity index (χ4v) is 1.77. The maximum atomic E-state index is 11.6. The van der Waals surface area contributed by atoms with Crippen LogP contribution in [0.15, 0.2) is 24.3 Å². The summed E-state index contributed by atoms with van der Waals surface area (Å²) in [7, 11) is 0. The third-order valence-electron chi connectivity index (χ3n) is 2.71. The van der Waals surface area contributed by atoms with Gasteiger partial charge in [0.2, 0.25) is 5.91 Å². The molecule has 2 N–H and O–H groups in total. The van der Waals surface area contributed by atoms with Crippen LogP contribution in [0.3, 0.4) is 0 Å². The highest BCUT2D eigenvalue weighted by Crippen LogP contribution is 2.22. The Kier molecular flexibility index (Phi) is 4.94. The van der Waals surface area contributed by atoms with E-state index in [9.17, 15) is 14.4 Å². The molecule has 1 aliphatic rings. The molecule has 0 bridgehead atoms. The second-order valence-corrected chi connectivity index (χ2v) is 3.98. The first-order valence-electron chi connectivity index (χ1n) is 6.24. The van der Waals surface area contributed by atoms with E-state index in [1.807, 2.05) is 13.8 Å². The molecule has 1 saturated heterocycles. The SMILES string of the molecule is CC.CC(=O)c1ccc(N2C(=O)CC(N)C2=O)cc1. The van der Waals surface area contributed by atoms with Gasteiger partial charge in [-0.3, -0.25) is 14.4 Å². The Bertz CT molecular complexity index is 494. The molecule has 19 heavy (non-hydrogen) atoms. The highest BCUT2D eigenvalue weighted by Gasteiger charge is 2.37. The third kappa shape index (κ3) is 3.06. The normalized spacial score (nSPS) is 18.1. The molecule has 1 aromatic carbocycles. The summed E-state index contributed by atoms with van der Waals surface area (Å²) in [6.07, 6.45) is 0.0350. The molecule has 5 heteroatoms. The Morgan fingerprint density at radius 1 is 1.21 bits per heavy atom. The van der Waals surface area contributed by atoms with Crippen molar-refractivity contribution in [3.8, 4) is 0 Å². The molecule has 1 heterocycles. The van der Waals surface area contributed by atoms with Gasteiger partial charge in [0.15, 0.2) is 5.78 Å². The quantitative estimate of drug-likeness (QED) is 0.647. The summed E-state index contributed by atoms with van der Waals surface area (Å²) in [5, 5.41) is 0. The maximum Gasteiger partial charge on any atom is 0.251 e. The molecular formula is C14H18N2O3. The van der Waals surface area contributed by atoms with Crippen molar-refractivity contribution in [3.05, 3.63) is 29.8 Å². The molecule has 1 aliphatic heterocycles. The lowest BCUT2D eigenvalue weighted by Crippen LogP contribution is -2.35. The van der Waals surface area contributed by atoms with Crippen LogP contribution in [0.5, 0.6) is 0 Å². The summed E-state index contributed by atoms with van der Waals surface area (Å²) in [5.41, 5.74) is 6.50. The van der Waals surface area contributed by atoms with Gasteiger partial charge >= 0.3 is 0 Å². The maximum absolute atomic E-state index is 11.6. The average Bonchev–Trinajstić information content (AvgIpc) is 2.66. The van der Waals surface area contributed by atoms with Crippen molar-refractivity contribution in [3.63, 3.8) is 0 Å². The number of carbonyl (C=O) groups is 3. The van der Waals surface area contributed by atoms with Crippen LogP contribution in [0.4, 0.5) is 5.69 Å². The molecular weight excluding hydrogens is 244 g/mol. The zero-order chi connectivity index (χ0) is 14.6.